The molecule has 46 heavy (non-hydrogen) atoms. The number of hydrogen-bond donors (Lipinski definition) is 0. The van der Waals surface area contributed by atoms with E-state index in [9.17, 15) is 0 Å². The molecule has 3 aromatic heterocycles. The Labute approximate surface area is 264 Å². The fourth-order valence-electron chi connectivity index (χ4n) is 7.26. The van der Waals surface area contributed by atoms with E-state index in [0.29, 0.717) is 5.95 Å². The molecule has 214 valence electrons. The molecule has 3 heterocycles. The summed E-state index contributed by atoms with van der Waals surface area (Å²) in [6, 6.07) is 55.9. The van der Waals surface area contributed by atoms with Crippen LogP contribution in [-0.2, 0) is 0 Å². The minimum absolute atomic E-state index is 0.660. The van der Waals surface area contributed by atoms with Crippen molar-refractivity contribution in [3.05, 3.63) is 158 Å². The van der Waals surface area contributed by atoms with Gasteiger partial charge in [-0.1, -0.05) is 121 Å². The van der Waals surface area contributed by atoms with Crippen LogP contribution in [0.5, 0.6) is 0 Å². The highest BCUT2D eigenvalue weighted by Gasteiger charge is 2.24. The first-order valence-electron chi connectivity index (χ1n) is 15.6. The maximum absolute atomic E-state index is 5.54. The first kappa shape index (κ1) is 25.1. The zero-order chi connectivity index (χ0) is 30.2. The number of para-hydroxylation sites is 2. The lowest BCUT2D eigenvalue weighted by molar-refractivity contribution is 1.01. The third-order valence-electron chi connectivity index (χ3n) is 9.28. The third kappa shape index (κ3) is 3.55. The van der Waals surface area contributed by atoms with Crippen molar-refractivity contribution >= 4 is 65.3 Å². The molecular weight excluding hydrogens is 560 g/mol. The smallest absolute Gasteiger partial charge is 0.235 e. The number of nitrogens with zero attached hydrogens (tertiary/aromatic N) is 4. The number of fused-ring (bicyclic) bond motifs is 9. The summed E-state index contributed by atoms with van der Waals surface area (Å²) in [5, 5.41) is 8.28. The van der Waals surface area contributed by atoms with E-state index >= 15 is 0 Å². The van der Waals surface area contributed by atoms with Crippen LogP contribution in [-0.4, -0.2) is 19.1 Å². The zero-order valence-electron chi connectivity index (χ0n) is 24.8. The van der Waals surface area contributed by atoms with E-state index < -0.39 is 0 Å². The van der Waals surface area contributed by atoms with Gasteiger partial charge in [0.25, 0.3) is 0 Å². The molecule has 0 radical (unpaired) electrons. The molecule has 0 unspecified atom stereocenters. The lowest BCUT2D eigenvalue weighted by atomic mass is 10.1. The van der Waals surface area contributed by atoms with Crippen LogP contribution < -0.4 is 0 Å². The summed E-state index contributed by atoms with van der Waals surface area (Å²) in [5.41, 5.74) is 8.25. The van der Waals surface area contributed by atoms with Gasteiger partial charge in [0.2, 0.25) is 5.95 Å². The molecule has 10 aromatic rings. The number of aromatic nitrogens is 4. The van der Waals surface area contributed by atoms with Crippen LogP contribution in [0.3, 0.4) is 0 Å². The minimum atomic E-state index is 0.660. The predicted octanol–water partition coefficient (Wildman–Crippen LogP) is 10.6. The molecule has 0 saturated carbocycles. The molecule has 4 nitrogen and oxygen atoms in total. The number of hydrogen-bond acceptors (Lipinski definition) is 2. The molecule has 4 heteroatoms. The Morgan fingerprint density at radius 1 is 0.413 bits per heavy atom. The molecule has 0 bridgehead atoms. The van der Waals surface area contributed by atoms with Crippen LogP contribution in [0.2, 0.25) is 0 Å². The average molecular weight is 587 g/mol. The highest BCUT2D eigenvalue weighted by Crippen LogP contribution is 2.41. The van der Waals surface area contributed by atoms with Gasteiger partial charge in [-0.3, -0.25) is 4.57 Å². The van der Waals surface area contributed by atoms with Crippen LogP contribution in [0, 0.1) is 0 Å². The van der Waals surface area contributed by atoms with Gasteiger partial charge in [0.1, 0.15) is 11.2 Å². The van der Waals surface area contributed by atoms with E-state index in [0.717, 1.165) is 49.9 Å². The highest BCUT2D eigenvalue weighted by atomic mass is 15.2. The molecule has 0 aliphatic rings. The summed E-state index contributed by atoms with van der Waals surface area (Å²) < 4.78 is 4.59. The average Bonchev–Trinajstić information content (AvgIpc) is 3.63. The molecule has 10 rings (SSSR count). The summed E-state index contributed by atoms with van der Waals surface area (Å²) >= 11 is 0. The Kier molecular flexibility index (Phi) is 5.25. The van der Waals surface area contributed by atoms with E-state index in [-0.39, 0.29) is 0 Å². The third-order valence-corrected chi connectivity index (χ3v) is 9.28. The molecule has 0 amide bonds. The summed E-state index contributed by atoms with van der Waals surface area (Å²) in [7, 11) is 0. The molecule has 0 aliphatic heterocycles. The number of rotatable bonds is 3. The van der Waals surface area contributed by atoms with Crippen molar-refractivity contribution in [3.8, 4) is 22.9 Å². The highest BCUT2D eigenvalue weighted by molar-refractivity contribution is 6.22. The Hall–Kier alpha value is -6.26. The maximum atomic E-state index is 5.54. The van der Waals surface area contributed by atoms with Gasteiger partial charge in [-0.15, -0.1) is 0 Å². The van der Waals surface area contributed by atoms with Crippen molar-refractivity contribution in [2.45, 2.75) is 0 Å². The molecule has 0 aliphatic carbocycles. The van der Waals surface area contributed by atoms with Crippen molar-refractivity contribution in [3.63, 3.8) is 0 Å². The van der Waals surface area contributed by atoms with Gasteiger partial charge in [-0.2, -0.15) is 0 Å². The lowest BCUT2D eigenvalue weighted by Crippen LogP contribution is -2.04. The van der Waals surface area contributed by atoms with Gasteiger partial charge in [0.15, 0.2) is 0 Å². The maximum Gasteiger partial charge on any atom is 0.235 e. The Morgan fingerprint density at radius 3 is 1.87 bits per heavy atom. The van der Waals surface area contributed by atoms with Crippen molar-refractivity contribution < 1.29 is 0 Å². The van der Waals surface area contributed by atoms with Gasteiger partial charge in [-0.25, -0.2) is 9.97 Å². The Morgan fingerprint density at radius 2 is 1.07 bits per heavy atom. The van der Waals surface area contributed by atoms with Crippen molar-refractivity contribution in [2.75, 3.05) is 0 Å². The monoisotopic (exact) mass is 586 g/mol. The van der Waals surface area contributed by atoms with Crippen LogP contribution >= 0.6 is 0 Å². The fraction of sp³-hybridized carbons (Fsp3) is 0. The zero-order valence-corrected chi connectivity index (χ0v) is 24.8. The number of benzene rings is 7. The van der Waals surface area contributed by atoms with E-state index in [1.807, 2.05) is 0 Å². The standard InChI is InChI=1S/C42H26N4/c1-3-14-28(15-4-1)39-41-40(38-32-20-10-9-13-27(32)23-24-36(38)45(41)31-18-5-2-6-19-31)44-42(43-39)46-35-22-12-11-21-33(35)34-25-29-16-7-8-17-30(29)26-37(34)46/h1-26H. The lowest BCUT2D eigenvalue weighted by Gasteiger charge is -2.13. The van der Waals surface area contributed by atoms with Crippen molar-refractivity contribution in [1.82, 2.24) is 19.1 Å². The fourth-order valence-corrected chi connectivity index (χ4v) is 7.26. The molecule has 0 N–H and O–H groups in total. The van der Waals surface area contributed by atoms with Gasteiger partial charge < -0.3 is 4.57 Å². The summed E-state index contributed by atoms with van der Waals surface area (Å²) in [6.07, 6.45) is 0. The molecular formula is C42H26N4. The quantitative estimate of drug-likeness (QED) is 0.206. The molecule has 0 spiro atoms. The molecule has 0 saturated heterocycles. The van der Waals surface area contributed by atoms with Gasteiger partial charge >= 0.3 is 0 Å². The second-order valence-corrected chi connectivity index (χ2v) is 11.9. The molecule has 7 aromatic carbocycles. The first-order chi connectivity index (χ1) is 22.8. The van der Waals surface area contributed by atoms with Gasteiger partial charge in [0, 0.05) is 27.4 Å². The Balaban J connectivity index is 1.43. The second kappa shape index (κ2) is 9.62. The normalized spacial score (nSPS) is 11.9. The first-order valence-corrected chi connectivity index (χ1v) is 15.6. The minimum Gasteiger partial charge on any atom is -0.306 e. The van der Waals surface area contributed by atoms with Crippen LogP contribution in [0.15, 0.2) is 158 Å². The summed E-state index contributed by atoms with van der Waals surface area (Å²) in [5.74, 6) is 0.660. The topological polar surface area (TPSA) is 35.6 Å². The van der Waals surface area contributed by atoms with E-state index in [4.69, 9.17) is 9.97 Å². The summed E-state index contributed by atoms with van der Waals surface area (Å²) in [6.45, 7) is 0. The molecule has 0 fully saturated rings. The van der Waals surface area contributed by atoms with E-state index in [1.54, 1.807) is 0 Å². The Bertz CT molecular complexity index is 2790. The van der Waals surface area contributed by atoms with E-state index in [2.05, 4.69) is 167 Å². The van der Waals surface area contributed by atoms with Crippen molar-refractivity contribution in [1.29, 1.82) is 0 Å². The van der Waals surface area contributed by atoms with Crippen LogP contribution in [0.1, 0.15) is 0 Å². The van der Waals surface area contributed by atoms with Gasteiger partial charge in [-0.05, 0) is 57.9 Å². The molecule has 0 atom stereocenters. The van der Waals surface area contributed by atoms with Crippen LogP contribution in [0.25, 0.3) is 88.2 Å². The second-order valence-electron chi connectivity index (χ2n) is 11.9. The SMILES string of the molecule is c1ccc(-c2nc(-n3c4ccccc4c4cc5ccccc5cc43)nc3c4c5ccccc5ccc4n(-c4ccccc4)c23)cc1. The predicted molar refractivity (Wildman–Crippen MR) is 191 cm³/mol. The summed E-state index contributed by atoms with van der Waals surface area (Å²) in [4.78, 5) is 11.0. The van der Waals surface area contributed by atoms with Crippen LogP contribution in [0.4, 0.5) is 0 Å². The van der Waals surface area contributed by atoms with Crippen molar-refractivity contribution in [2.24, 2.45) is 0 Å². The largest absolute Gasteiger partial charge is 0.306 e. The van der Waals surface area contributed by atoms with Gasteiger partial charge in [0.05, 0.1) is 22.1 Å². The van der Waals surface area contributed by atoms with E-state index in [1.165, 1.54) is 32.3 Å².